The molecule has 0 spiro atoms. The van der Waals surface area contributed by atoms with E-state index in [1.807, 2.05) is 0 Å². The van der Waals surface area contributed by atoms with Crippen molar-refractivity contribution in [3.05, 3.63) is 29.6 Å². The monoisotopic (exact) mass is 311 g/mol. The lowest BCUT2D eigenvalue weighted by Crippen LogP contribution is -2.25. The van der Waals surface area contributed by atoms with E-state index in [2.05, 4.69) is 5.32 Å². The number of halogens is 1. The third-order valence-corrected chi connectivity index (χ3v) is 2.97. The Kier molecular flexibility index (Phi) is 4.77. The Morgan fingerprint density at radius 3 is 2.77 bits per heavy atom. The van der Waals surface area contributed by atoms with Crippen LogP contribution in [-0.2, 0) is 19.0 Å². The fourth-order valence-corrected chi connectivity index (χ4v) is 2.05. The summed E-state index contributed by atoms with van der Waals surface area (Å²) < 4.78 is 29.6. The summed E-state index contributed by atoms with van der Waals surface area (Å²) in [5.74, 6) is -2.57. The van der Waals surface area contributed by atoms with Crippen molar-refractivity contribution in [1.29, 1.82) is 0 Å². The minimum Gasteiger partial charge on any atom is -0.459 e. The van der Waals surface area contributed by atoms with E-state index < -0.39 is 17.6 Å². The van der Waals surface area contributed by atoms with Crippen LogP contribution in [0.2, 0.25) is 0 Å². The van der Waals surface area contributed by atoms with E-state index in [1.165, 1.54) is 19.1 Å². The number of carbonyl (C=O) groups is 2. The van der Waals surface area contributed by atoms with Crippen LogP contribution in [0.3, 0.4) is 0 Å². The summed E-state index contributed by atoms with van der Waals surface area (Å²) in [6, 6.07) is 3.69. The number of esters is 1. The van der Waals surface area contributed by atoms with Crippen molar-refractivity contribution in [3.8, 4) is 0 Å². The molecule has 0 aliphatic carbocycles. The minimum absolute atomic E-state index is 0.0356. The molecular weight excluding hydrogens is 293 g/mol. The molecule has 120 valence electrons. The van der Waals surface area contributed by atoms with Gasteiger partial charge in [-0.15, -0.1) is 0 Å². The van der Waals surface area contributed by atoms with E-state index in [0.29, 0.717) is 12.3 Å². The minimum atomic E-state index is -0.821. The van der Waals surface area contributed by atoms with Gasteiger partial charge in [-0.25, -0.2) is 9.18 Å². The number of carbonyl (C=O) groups excluding carboxylic acids is 2. The quantitative estimate of drug-likeness (QED) is 0.862. The number of benzene rings is 1. The van der Waals surface area contributed by atoms with Crippen LogP contribution in [0, 0.1) is 5.82 Å². The van der Waals surface area contributed by atoms with Gasteiger partial charge in [-0.3, -0.25) is 4.79 Å². The highest BCUT2D eigenvalue weighted by Gasteiger charge is 2.33. The van der Waals surface area contributed by atoms with Gasteiger partial charge in [-0.1, -0.05) is 0 Å². The Balaban J connectivity index is 1.98. The van der Waals surface area contributed by atoms with Crippen LogP contribution < -0.4 is 5.32 Å². The van der Waals surface area contributed by atoms with Crippen LogP contribution in [0.4, 0.5) is 10.1 Å². The lowest BCUT2D eigenvalue weighted by atomic mass is 10.2. The maximum absolute atomic E-state index is 13.7. The summed E-state index contributed by atoms with van der Waals surface area (Å²) >= 11 is 0. The molecule has 0 saturated carbocycles. The molecule has 1 saturated heterocycles. The molecule has 0 bridgehead atoms. The first-order chi connectivity index (χ1) is 10.3. The molecule has 0 aromatic heterocycles. The fraction of sp³-hybridized carbons (Fsp3) is 0.467. The van der Waals surface area contributed by atoms with Crippen molar-refractivity contribution in [2.24, 2.45) is 0 Å². The van der Waals surface area contributed by atoms with Crippen LogP contribution in [0.5, 0.6) is 0 Å². The van der Waals surface area contributed by atoms with Gasteiger partial charge in [0.25, 0.3) is 0 Å². The van der Waals surface area contributed by atoms with Gasteiger partial charge >= 0.3 is 5.97 Å². The molecule has 2 rings (SSSR count). The zero-order chi connectivity index (χ0) is 16.3. The van der Waals surface area contributed by atoms with E-state index in [0.717, 1.165) is 6.07 Å². The van der Waals surface area contributed by atoms with Crippen molar-refractivity contribution < 1.29 is 28.2 Å². The van der Waals surface area contributed by atoms with Gasteiger partial charge in [0.1, 0.15) is 18.5 Å². The van der Waals surface area contributed by atoms with E-state index in [4.69, 9.17) is 14.2 Å². The average Bonchev–Trinajstić information content (AvgIpc) is 2.77. The van der Waals surface area contributed by atoms with E-state index in [9.17, 15) is 14.0 Å². The van der Waals surface area contributed by atoms with Crippen LogP contribution in [0.25, 0.3) is 0 Å². The van der Waals surface area contributed by atoms with E-state index >= 15 is 0 Å². The molecule has 6 nitrogen and oxygen atoms in total. The van der Waals surface area contributed by atoms with Crippen LogP contribution in [0.15, 0.2) is 18.2 Å². The molecule has 0 radical (unpaired) electrons. The summed E-state index contributed by atoms with van der Waals surface area (Å²) in [4.78, 5) is 22.9. The Morgan fingerprint density at radius 2 is 2.18 bits per heavy atom. The van der Waals surface area contributed by atoms with Crippen molar-refractivity contribution in [1.82, 2.24) is 0 Å². The van der Waals surface area contributed by atoms with Crippen LogP contribution in [0.1, 0.15) is 31.1 Å². The number of hydrogen-bond donors (Lipinski definition) is 1. The lowest BCUT2D eigenvalue weighted by molar-refractivity contribution is -0.142. The smallest absolute Gasteiger partial charge is 0.341 e. The molecule has 7 heteroatoms. The van der Waals surface area contributed by atoms with Crippen LogP contribution >= 0.6 is 0 Å². The zero-order valence-corrected chi connectivity index (χ0v) is 12.6. The molecular formula is C15H18FNO5. The zero-order valence-electron chi connectivity index (χ0n) is 12.6. The molecule has 1 fully saturated rings. The maximum Gasteiger partial charge on any atom is 0.341 e. The predicted molar refractivity (Wildman–Crippen MR) is 75.9 cm³/mol. The second kappa shape index (κ2) is 6.41. The normalized spacial score (nSPS) is 19.7. The number of ether oxygens (including phenoxy) is 3. The lowest BCUT2D eigenvalue weighted by Gasteiger charge is -2.17. The van der Waals surface area contributed by atoms with Crippen molar-refractivity contribution >= 4 is 17.6 Å². The molecule has 1 aromatic rings. The van der Waals surface area contributed by atoms with Crippen molar-refractivity contribution in [2.45, 2.75) is 32.7 Å². The Labute approximate surface area is 127 Å². The first-order valence-electron chi connectivity index (χ1n) is 6.83. The van der Waals surface area contributed by atoms with Gasteiger partial charge in [-0.2, -0.15) is 0 Å². The number of hydrogen-bond acceptors (Lipinski definition) is 5. The van der Waals surface area contributed by atoms with Gasteiger partial charge in [0, 0.05) is 12.6 Å². The molecule has 0 unspecified atom stereocenters. The second-order valence-electron chi connectivity index (χ2n) is 5.42. The summed E-state index contributed by atoms with van der Waals surface area (Å²) in [5.41, 5.74) is 0.0758. The standard InChI is InChI=1S/C15H18FNO5/c1-9(18)17-10-4-5-13(16)12(6-10)14(19)20-7-11-8-21-15(2,3)22-11/h4-6,11H,7-8H2,1-3H3,(H,17,18)/t11-/m1/s1. The number of rotatable bonds is 4. The van der Waals surface area contributed by atoms with Gasteiger partial charge < -0.3 is 19.5 Å². The first-order valence-corrected chi connectivity index (χ1v) is 6.83. The number of anilines is 1. The maximum atomic E-state index is 13.7. The molecule has 1 N–H and O–H groups in total. The van der Waals surface area contributed by atoms with Gasteiger partial charge in [0.05, 0.1) is 12.2 Å². The Morgan fingerprint density at radius 1 is 1.45 bits per heavy atom. The van der Waals surface area contributed by atoms with E-state index in [-0.39, 0.29) is 24.2 Å². The average molecular weight is 311 g/mol. The molecule has 1 atom stereocenters. The fourth-order valence-electron chi connectivity index (χ4n) is 2.05. The third kappa shape index (κ3) is 4.25. The molecule has 1 amide bonds. The number of amides is 1. The molecule has 22 heavy (non-hydrogen) atoms. The first kappa shape index (κ1) is 16.4. The van der Waals surface area contributed by atoms with Gasteiger partial charge in [0.2, 0.25) is 5.91 Å². The highest BCUT2D eigenvalue weighted by Crippen LogP contribution is 2.23. The summed E-state index contributed by atoms with van der Waals surface area (Å²) in [6.45, 7) is 5.10. The molecule has 1 aliphatic rings. The van der Waals surface area contributed by atoms with Crippen molar-refractivity contribution in [2.75, 3.05) is 18.5 Å². The summed E-state index contributed by atoms with van der Waals surface area (Å²) in [5, 5.41) is 2.48. The van der Waals surface area contributed by atoms with E-state index in [1.54, 1.807) is 13.8 Å². The molecule has 1 aliphatic heterocycles. The van der Waals surface area contributed by atoms with Gasteiger partial charge in [-0.05, 0) is 32.0 Å². The van der Waals surface area contributed by atoms with Gasteiger partial charge in [0.15, 0.2) is 5.79 Å². The third-order valence-electron chi connectivity index (χ3n) is 2.97. The largest absolute Gasteiger partial charge is 0.459 e. The summed E-state index contributed by atoms with van der Waals surface area (Å²) in [7, 11) is 0. The van der Waals surface area contributed by atoms with Crippen molar-refractivity contribution in [3.63, 3.8) is 0 Å². The summed E-state index contributed by atoms with van der Waals surface area (Å²) in [6.07, 6.45) is -0.388. The topological polar surface area (TPSA) is 73.9 Å². The predicted octanol–water partition coefficient (Wildman–Crippen LogP) is 2.09. The second-order valence-corrected chi connectivity index (χ2v) is 5.42. The highest BCUT2D eigenvalue weighted by atomic mass is 19.1. The SMILES string of the molecule is CC(=O)Nc1ccc(F)c(C(=O)OC[C@@H]2COC(C)(C)O2)c1. The highest BCUT2D eigenvalue weighted by molar-refractivity contribution is 5.93. The number of nitrogens with one attached hydrogen (secondary N) is 1. The Bertz CT molecular complexity index is 587. The molecule has 1 aromatic carbocycles. The Hall–Kier alpha value is -1.99. The van der Waals surface area contributed by atoms with Crippen LogP contribution in [-0.4, -0.2) is 37.0 Å². The molecule has 1 heterocycles.